The third kappa shape index (κ3) is 2.73. The van der Waals surface area contributed by atoms with Crippen molar-refractivity contribution >= 4 is 23.4 Å². The number of aromatic nitrogens is 2. The van der Waals surface area contributed by atoms with Gasteiger partial charge in [-0.15, -0.1) is 0 Å². The lowest BCUT2D eigenvalue weighted by Crippen LogP contribution is -1.98. The molecule has 5 nitrogen and oxygen atoms in total. The number of carbonyl (C=O) groups is 1. The lowest BCUT2D eigenvalue weighted by Gasteiger charge is -2.04. The molecule has 2 aromatic rings. The minimum Gasteiger partial charge on any atom is -0.478 e. The number of nitrogen functional groups attached to an aromatic ring is 1. The molecule has 0 bridgehead atoms. The second-order valence-corrected chi connectivity index (χ2v) is 4.20. The van der Waals surface area contributed by atoms with Crippen molar-refractivity contribution in [1.29, 1.82) is 0 Å². The fourth-order valence-electron chi connectivity index (χ4n) is 1.21. The van der Waals surface area contributed by atoms with E-state index in [4.69, 9.17) is 10.8 Å². The van der Waals surface area contributed by atoms with Gasteiger partial charge in [0.05, 0.1) is 5.56 Å². The molecule has 0 atom stereocenters. The SMILES string of the molecule is Nc1cc(C(=O)O)ccc1Sc1ncccn1. The van der Waals surface area contributed by atoms with E-state index in [0.29, 0.717) is 10.8 Å². The minimum atomic E-state index is -0.996. The fourth-order valence-corrected chi connectivity index (χ4v) is 1.95. The maximum Gasteiger partial charge on any atom is 0.335 e. The molecule has 1 heterocycles. The van der Waals surface area contributed by atoms with E-state index in [9.17, 15) is 4.79 Å². The van der Waals surface area contributed by atoms with Gasteiger partial charge >= 0.3 is 5.97 Å². The van der Waals surface area contributed by atoms with Crippen LogP contribution in [-0.2, 0) is 0 Å². The Morgan fingerprint density at radius 2 is 2.00 bits per heavy atom. The number of aromatic carboxylic acids is 1. The predicted molar refractivity (Wildman–Crippen MR) is 64.0 cm³/mol. The largest absolute Gasteiger partial charge is 0.478 e. The molecule has 3 N–H and O–H groups in total. The first-order valence-corrected chi connectivity index (χ1v) is 5.56. The van der Waals surface area contributed by atoms with Gasteiger partial charge in [-0.2, -0.15) is 0 Å². The van der Waals surface area contributed by atoms with E-state index < -0.39 is 5.97 Å². The van der Waals surface area contributed by atoms with Crippen molar-refractivity contribution in [2.45, 2.75) is 10.1 Å². The maximum atomic E-state index is 10.7. The van der Waals surface area contributed by atoms with Crippen LogP contribution in [0.15, 0.2) is 46.7 Å². The average Bonchev–Trinajstić information content (AvgIpc) is 2.33. The summed E-state index contributed by atoms with van der Waals surface area (Å²) in [5.74, 6) is -0.996. The Morgan fingerprint density at radius 1 is 1.29 bits per heavy atom. The molecule has 0 unspecified atom stereocenters. The first-order chi connectivity index (χ1) is 8.16. The Balaban J connectivity index is 2.26. The summed E-state index contributed by atoms with van der Waals surface area (Å²) >= 11 is 1.29. The van der Waals surface area contributed by atoms with E-state index in [1.165, 1.54) is 23.9 Å². The van der Waals surface area contributed by atoms with E-state index in [1.807, 2.05) is 0 Å². The third-order valence-corrected chi connectivity index (χ3v) is 2.99. The van der Waals surface area contributed by atoms with Crippen LogP contribution >= 0.6 is 11.8 Å². The topological polar surface area (TPSA) is 89.1 Å². The molecule has 0 aliphatic carbocycles. The summed E-state index contributed by atoms with van der Waals surface area (Å²) < 4.78 is 0. The van der Waals surface area contributed by atoms with Crippen molar-refractivity contribution in [3.05, 3.63) is 42.2 Å². The number of nitrogens with zero attached hydrogens (tertiary/aromatic N) is 2. The molecule has 6 heteroatoms. The van der Waals surface area contributed by atoms with Gasteiger partial charge < -0.3 is 10.8 Å². The second-order valence-electron chi connectivity index (χ2n) is 3.19. The van der Waals surface area contributed by atoms with Crippen LogP contribution in [0.1, 0.15) is 10.4 Å². The summed E-state index contributed by atoms with van der Waals surface area (Å²) in [7, 11) is 0. The highest BCUT2D eigenvalue weighted by Gasteiger charge is 2.08. The van der Waals surface area contributed by atoms with Gasteiger partial charge in [-0.3, -0.25) is 0 Å². The van der Waals surface area contributed by atoms with Gasteiger partial charge in [0.2, 0.25) is 0 Å². The van der Waals surface area contributed by atoms with E-state index in [1.54, 1.807) is 24.5 Å². The molecular formula is C11H9N3O2S. The minimum absolute atomic E-state index is 0.167. The molecule has 0 aliphatic heterocycles. The summed E-state index contributed by atoms with van der Waals surface area (Å²) in [6.07, 6.45) is 3.27. The Bertz CT molecular complexity index is 546. The lowest BCUT2D eigenvalue weighted by molar-refractivity contribution is 0.0697. The summed E-state index contributed by atoms with van der Waals surface area (Å²) in [5.41, 5.74) is 6.34. The van der Waals surface area contributed by atoms with Crippen molar-refractivity contribution < 1.29 is 9.90 Å². The van der Waals surface area contributed by atoms with E-state index >= 15 is 0 Å². The number of anilines is 1. The van der Waals surface area contributed by atoms with Crippen LogP contribution in [0.2, 0.25) is 0 Å². The van der Waals surface area contributed by atoms with Crippen molar-refractivity contribution in [3.63, 3.8) is 0 Å². The van der Waals surface area contributed by atoms with Crippen LogP contribution in [-0.4, -0.2) is 21.0 Å². The molecule has 0 spiro atoms. The van der Waals surface area contributed by atoms with Gasteiger partial charge in [0.25, 0.3) is 0 Å². The van der Waals surface area contributed by atoms with Crippen LogP contribution in [0.5, 0.6) is 0 Å². The number of carboxylic acids is 1. The standard InChI is InChI=1S/C11H9N3O2S/c12-8-6-7(10(15)16)2-3-9(8)17-11-13-4-1-5-14-11/h1-6H,12H2,(H,15,16). The van der Waals surface area contributed by atoms with Crippen molar-refractivity contribution in [1.82, 2.24) is 9.97 Å². The van der Waals surface area contributed by atoms with Crippen LogP contribution in [0, 0.1) is 0 Å². The lowest BCUT2D eigenvalue weighted by atomic mass is 10.2. The highest BCUT2D eigenvalue weighted by atomic mass is 32.2. The third-order valence-electron chi connectivity index (χ3n) is 2.00. The fraction of sp³-hybridized carbons (Fsp3) is 0. The summed E-state index contributed by atoms with van der Waals surface area (Å²) in [6.45, 7) is 0. The van der Waals surface area contributed by atoms with E-state index in [2.05, 4.69) is 9.97 Å². The zero-order valence-electron chi connectivity index (χ0n) is 8.70. The van der Waals surface area contributed by atoms with Gasteiger partial charge in [0, 0.05) is 23.0 Å². The first-order valence-electron chi connectivity index (χ1n) is 4.74. The second kappa shape index (κ2) is 4.84. The average molecular weight is 247 g/mol. The molecule has 86 valence electrons. The number of carboxylic acid groups (broad SMARTS) is 1. The molecule has 17 heavy (non-hydrogen) atoms. The Kier molecular flexibility index (Phi) is 3.24. The molecule has 0 aliphatic rings. The monoisotopic (exact) mass is 247 g/mol. The number of nitrogens with two attached hydrogens (primary N) is 1. The molecule has 0 radical (unpaired) electrons. The number of benzene rings is 1. The number of hydrogen-bond donors (Lipinski definition) is 2. The van der Waals surface area contributed by atoms with E-state index in [0.717, 1.165) is 4.90 Å². The molecule has 1 aromatic carbocycles. The molecular weight excluding hydrogens is 238 g/mol. The molecule has 0 amide bonds. The summed E-state index contributed by atoms with van der Waals surface area (Å²) in [6, 6.07) is 6.30. The Labute approximate surface area is 102 Å². The van der Waals surface area contributed by atoms with Crippen LogP contribution in [0.25, 0.3) is 0 Å². The molecule has 1 aromatic heterocycles. The maximum absolute atomic E-state index is 10.7. The highest BCUT2D eigenvalue weighted by Crippen LogP contribution is 2.29. The highest BCUT2D eigenvalue weighted by molar-refractivity contribution is 7.99. The van der Waals surface area contributed by atoms with Gasteiger partial charge in [-0.1, -0.05) is 0 Å². The molecule has 2 rings (SSSR count). The van der Waals surface area contributed by atoms with Gasteiger partial charge in [-0.25, -0.2) is 14.8 Å². The molecule has 0 saturated carbocycles. The molecule has 0 fully saturated rings. The van der Waals surface area contributed by atoms with Crippen LogP contribution in [0.3, 0.4) is 0 Å². The Morgan fingerprint density at radius 3 is 2.59 bits per heavy atom. The molecule has 0 saturated heterocycles. The number of rotatable bonds is 3. The predicted octanol–water partition coefficient (Wildman–Crippen LogP) is 1.91. The van der Waals surface area contributed by atoms with Gasteiger partial charge in [0.1, 0.15) is 0 Å². The van der Waals surface area contributed by atoms with Crippen molar-refractivity contribution in [3.8, 4) is 0 Å². The van der Waals surface area contributed by atoms with Crippen molar-refractivity contribution in [2.24, 2.45) is 0 Å². The summed E-state index contributed by atoms with van der Waals surface area (Å²) in [5, 5.41) is 9.37. The van der Waals surface area contributed by atoms with Gasteiger partial charge in [-0.05, 0) is 36.0 Å². The summed E-state index contributed by atoms with van der Waals surface area (Å²) in [4.78, 5) is 19.6. The van der Waals surface area contributed by atoms with Crippen LogP contribution < -0.4 is 5.73 Å². The van der Waals surface area contributed by atoms with Crippen molar-refractivity contribution in [2.75, 3.05) is 5.73 Å². The van der Waals surface area contributed by atoms with Crippen LogP contribution in [0.4, 0.5) is 5.69 Å². The Hall–Kier alpha value is -2.08. The number of hydrogen-bond acceptors (Lipinski definition) is 5. The quantitative estimate of drug-likeness (QED) is 0.636. The first kappa shape index (κ1) is 11.4. The van der Waals surface area contributed by atoms with Gasteiger partial charge in [0.15, 0.2) is 5.16 Å². The zero-order valence-corrected chi connectivity index (χ0v) is 9.52. The smallest absolute Gasteiger partial charge is 0.335 e. The van der Waals surface area contributed by atoms with E-state index in [-0.39, 0.29) is 5.56 Å². The zero-order chi connectivity index (χ0) is 12.3. The normalized spacial score (nSPS) is 10.1.